The van der Waals surface area contributed by atoms with Crippen LogP contribution in [0.4, 0.5) is 0 Å². The lowest BCUT2D eigenvalue weighted by Crippen LogP contribution is -2.42. The van der Waals surface area contributed by atoms with Gasteiger partial charge in [-0.05, 0) is 32.1 Å². The van der Waals surface area contributed by atoms with Crippen molar-refractivity contribution in [2.75, 3.05) is 13.1 Å². The van der Waals surface area contributed by atoms with Gasteiger partial charge in [-0.3, -0.25) is 4.79 Å². The molecule has 3 nitrogen and oxygen atoms in total. The van der Waals surface area contributed by atoms with Gasteiger partial charge in [-0.1, -0.05) is 26.7 Å². The van der Waals surface area contributed by atoms with E-state index in [-0.39, 0.29) is 17.9 Å². The number of likely N-dealkylation sites (tertiary alicyclic amines) is 1. The Hall–Kier alpha value is -0.570. The summed E-state index contributed by atoms with van der Waals surface area (Å²) >= 11 is 0. The molecule has 0 aromatic rings. The number of rotatable bonds is 4. The van der Waals surface area contributed by atoms with Crippen molar-refractivity contribution in [1.29, 1.82) is 0 Å². The summed E-state index contributed by atoms with van der Waals surface area (Å²) in [6.07, 6.45) is 6.18. The lowest BCUT2D eigenvalue weighted by molar-refractivity contribution is -0.135. The number of nitrogens with zero attached hydrogens (tertiary/aromatic N) is 1. The summed E-state index contributed by atoms with van der Waals surface area (Å²) in [5, 5.41) is 0. The Morgan fingerprint density at radius 2 is 2.06 bits per heavy atom. The Kier molecular flexibility index (Phi) is 5.96. The van der Waals surface area contributed by atoms with Crippen molar-refractivity contribution < 1.29 is 4.79 Å². The largest absolute Gasteiger partial charge is 0.342 e. The summed E-state index contributed by atoms with van der Waals surface area (Å²) < 4.78 is 0. The van der Waals surface area contributed by atoms with Crippen molar-refractivity contribution in [2.24, 2.45) is 17.6 Å². The van der Waals surface area contributed by atoms with Crippen LogP contribution in [-0.4, -0.2) is 29.9 Å². The van der Waals surface area contributed by atoms with Gasteiger partial charge < -0.3 is 10.6 Å². The van der Waals surface area contributed by atoms with Gasteiger partial charge in [0, 0.05) is 19.1 Å². The highest BCUT2D eigenvalue weighted by molar-refractivity contribution is 5.79. The highest BCUT2D eigenvalue weighted by atomic mass is 16.2. The van der Waals surface area contributed by atoms with E-state index in [0.29, 0.717) is 0 Å². The molecule has 1 fully saturated rings. The van der Waals surface area contributed by atoms with Crippen LogP contribution >= 0.6 is 0 Å². The maximum Gasteiger partial charge on any atom is 0.226 e. The predicted octanol–water partition coefficient (Wildman–Crippen LogP) is 2.40. The van der Waals surface area contributed by atoms with Gasteiger partial charge in [0.15, 0.2) is 0 Å². The van der Waals surface area contributed by atoms with Crippen LogP contribution in [0.3, 0.4) is 0 Å². The van der Waals surface area contributed by atoms with Crippen molar-refractivity contribution >= 4 is 5.91 Å². The molecule has 0 radical (unpaired) electrons. The standard InChI is InChI=1S/C14H28N2O/c1-4-6-13-7-5-9-16(10-8-13)14(17)11(2)12(3)15/h11-13H,4-10,15H2,1-3H3. The van der Waals surface area contributed by atoms with Gasteiger partial charge in [-0.2, -0.15) is 0 Å². The molecule has 3 atom stereocenters. The first-order valence-corrected chi connectivity index (χ1v) is 7.10. The molecule has 1 rings (SSSR count). The topological polar surface area (TPSA) is 46.3 Å². The van der Waals surface area contributed by atoms with E-state index in [4.69, 9.17) is 5.73 Å². The minimum Gasteiger partial charge on any atom is -0.342 e. The normalized spacial score (nSPS) is 25.2. The Morgan fingerprint density at radius 3 is 2.65 bits per heavy atom. The predicted molar refractivity (Wildman–Crippen MR) is 71.6 cm³/mol. The third-order valence-corrected chi connectivity index (χ3v) is 4.03. The molecule has 100 valence electrons. The molecule has 0 spiro atoms. The fraction of sp³-hybridized carbons (Fsp3) is 0.929. The molecule has 1 heterocycles. The van der Waals surface area contributed by atoms with Gasteiger partial charge in [0.1, 0.15) is 0 Å². The zero-order valence-electron chi connectivity index (χ0n) is 11.6. The molecule has 3 heteroatoms. The fourth-order valence-electron chi connectivity index (χ4n) is 2.60. The quantitative estimate of drug-likeness (QED) is 0.820. The molecule has 1 aliphatic heterocycles. The summed E-state index contributed by atoms with van der Waals surface area (Å²) in [5.74, 6) is 1.03. The molecule has 2 N–H and O–H groups in total. The number of hydrogen-bond acceptors (Lipinski definition) is 2. The molecule has 0 saturated carbocycles. The molecule has 1 amide bonds. The average Bonchev–Trinajstić information content (AvgIpc) is 2.53. The van der Waals surface area contributed by atoms with E-state index in [2.05, 4.69) is 6.92 Å². The van der Waals surface area contributed by atoms with E-state index in [1.54, 1.807) is 0 Å². The average molecular weight is 240 g/mol. The summed E-state index contributed by atoms with van der Waals surface area (Å²) in [6, 6.07) is -0.0443. The summed E-state index contributed by atoms with van der Waals surface area (Å²) in [5.41, 5.74) is 5.81. The van der Waals surface area contributed by atoms with Crippen molar-refractivity contribution in [3.8, 4) is 0 Å². The summed E-state index contributed by atoms with van der Waals surface area (Å²) in [7, 11) is 0. The van der Waals surface area contributed by atoms with Crippen molar-refractivity contribution in [1.82, 2.24) is 4.90 Å². The van der Waals surface area contributed by atoms with Gasteiger partial charge in [0.25, 0.3) is 0 Å². The number of carbonyl (C=O) groups is 1. The second-order valence-electron chi connectivity index (χ2n) is 5.56. The van der Waals surface area contributed by atoms with Gasteiger partial charge >= 0.3 is 0 Å². The number of hydrogen-bond donors (Lipinski definition) is 1. The van der Waals surface area contributed by atoms with E-state index in [9.17, 15) is 4.79 Å². The van der Waals surface area contributed by atoms with Crippen LogP contribution in [0.2, 0.25) is 0 Å². The van der Waals surface area contributed by atoms with Crippen LogP contribution in [0.5, 0.6) is 0 Å². The van der Waals surface area contributed by atoms with E-state index in [0.717, 1.165) is 25.4 Å². The first-order valence-electron chi connectivity index (χ1n) is 7.10. The minimum absolute atomic E-state index is 0.0438. The Bertz CT molecular complexity index is 240. The van der Waals surface area contributed by atoms with Crippen molar-refractivity contribution in [3.05, 3.63) is 0 Å². The lowest BCUT2D eigenvalue weighted by atomic mass is 9.96. The third kappa shape index (κ3) is 4.30. The third-order valence-electron chi connectivity index (χ3n) is 4.03. The van der Waals surface area contributed by atoms with Gasteiger partial charge in [0.05, 0.1) is 5.92 Å². The summed E-state index contributed by atoms with van der Waals surface area (Å²) in [4.78, 5) is 14.2. The SMILES string of the molecule is CCCC1CCCN(C(=O)C(C)C(C)N)CC1. The van der Waals surface area contributed by atoms with Crippen LogP contribution in [0.25, 0.3) is 0 Å². The molecule has 0 aromatic carbocycles. The van der Waals surface area contributed by atoms with Gasteiger partial charge in [0.2, 0.25) is 5.91 Å². The van der Waals surface area contributed by atoms with E-state index < -0.39 is 0 Å². The molecular formula is C14H28N2O. The molecule has 1 aliphatic rings. The van der Waals surface area contributed by atoms with Crippen LogP contribution < -0.4 is 5.73 Å². The van der Waals surface area contributed by atoms with Gasteiger partial charge in [-0.25, -0.2) is 0 Å². The van der Waals surface area contributed by atoms with Crippen LogP contribution in [0.15, 0.2) is 0 Å². The monoisotopic (exact) mass is 240 g/mol. The summed E-state index contributed by atoms with van der Waals surface area (Å²) in [6.45, 7) is 7.96. The molecule has 3 unspecified atom stereocenters. The Morgan fingerprint density at radius 1 is 1.35 bits per heavy atom. The fourth-order valence-corrected chi connectivity index (χ4v) is 2.60. The first-order chi connectivity index (χ1) is 8.06. The molecule has 1 saturated heterocycles. The van der Waals surface area contributed by atoms with Crippen molar-refractivity contribution in [3.63, 3.8) is 0 Å². The first kappa shape index (κ1) is 14.5. The van der Waals surface area contributed by atoms with Crippen LogP contribution in [0, 0.1) is 11.8 Å². The van der Waals surface area contributed by atoms with Gasteiger partial charge in [-0.15, -0.1) is 0 Å². The maximum absolute atomic E-state index is 12.2. The highest BCUT2D eigenvalue weighted by Crippen LogP contribution is 2.23. The molecular weight excluding hydrogens is 212 g/mol. The van der Waals surface area contributed by atoms with E-state index in [1.165, 1.54) is 25.7 Å². The van der Waals surface area contributed by atoms with E-state index >= 15 is 0 Å². The Balaban J connectivity index is 2.48. The second kappa shape index (κ2) is 7.00. The number of carbonyl (C=O) groups excluding carboxylic acids is 1. The number of nitrogens with two attached hydrogens (primary N) is 1. The Labute approximate surface area is 106 Å². The zero-order valence-corrected chi connectivity index (χ0v) is 11.6. The lowest BCUT2D eigenvalue weighted by Gasteiger charge is -2.26. The number of amides is 1. The maximum atomic E-state index is 12.2. The highest BCUT2D eigenvalue weighted by Gasteiger charge is 2.25. The second-order valence-corrected chi connectivity index (χ2v) is 5.56. The molecule has 0 aliphatic carbocycles. The molecule has 0 bridgehead atoms. The van der Waals surface area contributed by atoms with E-state index in [1.807, 2.05) is 18.7 Å². The molecule has 17 heavy (non-hydrogen) atoms. The van der Waals surface area contributed by atoms with Crippen LogP contribution in [-0.2, 0) is 4.79 Å². The van der Waals surface area contributed by atoms with Crippen LogP contribution in [0.1, 0.15) is 52.9 Å². The zero-order chi connectivity index (χ0) is 12.8. The smallest absolute Gasteiger partial charge is 0.226 e. The molecule has 0 aromatic heterocycles. The minimum atomic E-state index is -0.0443. The van der Waals surface area contributed by atoms with Crippen molar-refractivity contribution in [2.45, 2.75) is 58.9 Å².